The molecule has 1 atom stereocenters. The fourth-order valence-corrected chi connectivity index (χ4v) is 4.61. The lowest BCUT2D eigenvalue weighted by atomic mass is 9.95. The zero-order valence-corrected chi connectivity index (χ0v) is 21.0. The number of carbonyl (C=O) groups excluding carboxylic acids is 2. The molecule has 7 heteroatoms. The maximum absolute atomic E-state index is 13.3. The Kier molecular flexibility index (Phi) is 9.04. The second-order valence-electron chi connectivity index (χ2n) is 8.80. The maximum atomic E-state index is 13.3. The molecule has 33 heavy (non-hydrogen) atoms. The van der Waals surface area contributed by atoms with Crippen LogP contribution in [0, 0.1) is 13.8 Å². The number of nitrogens with one attached hydrogen (secondary N) is 1. The van der Waals surface area contributed by atoms with Crippen molar-refractivity contribution in [3.8, 4) is 5.75 Å². The van der Waals surface area contributed by atoms with Gasteiger partial charge in [-0.05, 0) is 62.9 Å². The molecule has 178 valence electrons. The van der Waals surface area contributed by atoms with Gasteiger partial charge in [0.25, 0.3) is 5.91 Å². The van der Waals surface area contributed by atoms with Crippen LogP contribution in [0.3, 0.4) is 0 Å². The van der Waals surface area contributed by atoms with Crippen LogP contribution in [0.5, 0.6) is 5.75 Å². The Labute approximate surface area is 206 Å². The molecule has 5 nitrogen and oxygen atoms in total. The van der Waals surface area contributed by atoms with Gasteiger partial charge in [-0.25, -0.2) is 0 Å². The first kappa shape index (κ1) is 25.4. The highest BCUT2D eigenvalue weighted by molar-refractivity contribution is 6.36. The second kappa shape index (κ2) is 11.8. The van der Waals surface area contributed by atoms with Crippen molar-refractivity contribution in [1.29, 1.82) is 0 Å². The number of halogens is 2. The van der Waals surface area contributed by atoms with Crippen molar-refractivity contribution in [2.75, 3.05) is 6.61 Å². The van der Waals surface area contributed by atoms with Gasteiger partial charge in [-0.2, -0.15) is 0 Å². The average molecular weight is 491 g/mol. The van der Waals surface area contributed by atoms with Crippen LogP contribution in [0.2, 0.25) is 10.0 Å². The van der Waals surface area contributed by atoms with Gasteiger partial charge in [0.15, 0.2) is 6.61 Å². The van der Waals surface area contributed by atoms with Crippen molar-refractivity contribution >= 4 is 35.0 Å². The van der Waals surface area contributed by atoms with Crippen LogP contribution in [-0.2, 0) is 16.1 Å². The van der Waals surface area contributed by atoms with Crippen LogP contribution < -0.4 is 10.1 Å². The molecule has 0 saturated heterocycles. The highest BCUT2D eigenvalue weighted by Gasteiger charge is 2.29. The van der Waals surface area contributed by atoms with Crippen molar-refractivity contribution in [3.63, 3.8) is 0 Å². The summed E-state index contributed by atoms with van der Waals surface area (Å²) in [7, 11) is 0. The number of aryl methyl sites for hydroxylation is 2. The van der Waals surface area contributed by atoms with Gasteiger partial charge in [-0.15, -0.1) is 0 Å². The van der Waals surface area contributed by atoms with Crippen molar-refractivity contribution in [1.82, 2.24) is 10.2 Å². The summed E-state index contributed by atoms with van der Waals surface area (Å²) >= 11 is 12.8. The predicted octanol–water partition coefficient (Wildman–Crippen LogP) is 5.86. The van der Waals surface area contributed by atoms with E-state index in [1.54, 1.807) is 25.1 Å². The number of hydrogen-bond acceptors (Lipinski definition) is 3. The predicted molar refractivity (Wildman–Crippen MR) is 133 cm³/mol. The maximum Gasteiger partial charge on any atom is 0.261 e. The smallest absolute Gasteiger partial charge is 0.261 e. The molecule has 1 fully saturated rings. The van der Waals surface area contributed by atoms with Crippen LogP contribution in [0.4, 0.5) is 0 Å². The molecular formula is C26H32Cl2N2O3. The van der Waals surface area contributed by atoms with Gasteiger partial charge in [0.05, 0.1) is 0 Å². The van der Waals surface area contributed by atoms with Gasteiger partial charge in [-0.3, -0.25) is 9.59 Å². The Morgan fingerprint density at radius 3 is 2.42 bits per heavy atom. The number of hydrogen-bond donors (Lipinski definition) is 1. The summed E-state index contributed by atoms with van der Waals surface area (Å²) < 4.78 is 5.85. The average Bonchev–Trinajstić information content (AvgIpc) is 2.79. The number of benzene rings is 2. The van der Waals surface area contributed by atoms with E-state index in [-0.39, 0.29) is 31.0 Å². The third-order valence-corrected chi connectivity index (χ3v) is 6.91. The molecule has 2 aromatic rings. The molecule has 0 radical (unpaired) electrons. The first-order chi connectivity index (χ1) is 15.8. The molecule has 0 heterocycles. The van der Waals surface area contributed by atoms with Crippen LogP contribution in [0.1, 0.15) is 55.7 Å². The molecule has 3 rings (SSSR count). The summed E-state index contributed by atoms with van der Waals surface area (Å²) in [5.74, 6) is 0.168. The Bertz CT molecular complexity index is 969. The molecule has 0 aromatic heterocycles. The summed E-state index contributed by atoms with van der Waals surface area (Å²) in [4.78, 5) is 27.9. The fourth-order valence-electron chi connectivity index (χ4n) is 4.09. The highest BCUT2D eigenvalue weighted by Crippen LogP contribution is 2.27. The van der Waals surface area contributed by atoms with Crippen LogP contribution >= 0.6 is 23.2 Å². The quantitative estimate of drug-likeness (QED) is 0.504. The van der Waals surface area contributed by atoms with E-state index in [0.29, 0.717) is 21.4 Å². The van der Waals surface area contributed by atoms with E-state index in [4.69, 9.17) is 27.9 Å². The topological polar surface area (TPSA) is 58.6 Å². The van der Waals surface area contributed by atoms with Crippen LogP contribution in [0.25, 0.3) is 0 Å². The van der Waals surface area contributed by atoms with Crippen molar-refractivity contribution in [2.24, 2.45) is 0 Å². The van der Waals surface area contributed by atoms with Gasteiger partial charge >= 0.3 is 0 Å². The lowest BCUT2D eigenvalue weighted by Crippen LogP contribution is -2.51. The normalized spacial score (nSPS) is 15.1. The van der Waals surface area contributed by atoms with Gasteiger partial charge in [-0.1, -0.05) is 60.7 Å². The SMILES string of the molecule is Cc1ccc(C)c(OCC(=O)N(Cc2c(Cl)cccc2Cl)C(C)C(=O)NC2CCCCC2)c1. The largest absolute Gasteiger partial charge is 0.483 e. The highest BCUT2D eigenvalue weighted by atomic mass is 35.5. The Balaban J connectivity index is 1.78. The van der Waals surface area contributed by atoms with E-state index < -0.39 is 6.04 Å². The number of rotatable bonds is 8. The third kappa shape index (κ3) is 6.87. The number of carbonyl (C=O) groups is 2. The molecule has 0 aliphatic heterocycles. The Morgan fingerprint density at radius 1 is 1.09 bits per heavy atom. The van der Waals surface area contributed by atoms with Gasteiger partial charge < -0.3 is 15.0 Å². The van der Waals surface area contributed by atoms with Gasteiger partial charge in [0, 0.05) is 28.2 Å². The van der Waals surface area contributed by atoms with E-state index in [9.17, 15) is 9.59 Å². The molecule has 1 aliphatic carbocycles. The zero-order valence-electron chi connectivity index (χ0n) is 19.5. The van der Waals surface area contributed by atoms with Crippen molar-refractivity contribution < 1.29 is 14.3 Å². The zero-order chi connectivity index (χ0) is 24.0. The molecule has 2 amide bonds. The molecule has 1 aliphatic rings. The number of nitrogens with zero attached hydrogens (tertiary/aromatic N) is 1. The molecular weight excluding hydrogens is 459 g/mol. The Hall–Kier alpha value is -2.24. The molecule has 2 aromatic carbocycles. The summed E-state index contributed by atoms with van der Waals surface area (Å²) in [6.45, 7) is 5.57. The minimum atomic E-state index is -0.700. The minimum Gasteiger partial charge on any atom is -0.483 e. The summed E-state index contributed by atoms with van der Waals surface area (Å²) in [6.07, 6.45) is 5.37. The minimum absolute atomic E-state index is 0.118. The first-order valence-electron chi connectivity index (χ1n) is 11.5. The lowest BCUT2D eigenvalue weighted by Gasteiger charge is -2.31. The summed E-state index contributed by atoms with van der Waals surface area (Å²) in [5.41, 5.74) is 2.60. The number of amides is 2. The van der Waals surface area contributed by atoms with Crippen LogP contribution in [-0.4, -0.2) is 35.4 Å². The summed E-state index contributed by atoms with van der Waals surface area (Å²) in [5, 5.41) is 4.03. The van der Waals surface area contributed by atoms with Crippen molar-refractivity contribution in [2.45, 2.75) is 71.5 Å². The van der Waals surface area contributed by atoms with Crippen LogP contribution in [0.15, 0.2) is 36.4 Å². The fraction of sp³-hybridized carbons (Fsp3) is 0.462. The Morgan fingerprint density at radius 2 is 1.76 bits per heavy atom. The standard InChI is InChI=1S/C26H32Cl2N2O3/c1-17-12-13-18(2)24(14-17)33-16-25(31)30(15-21-22(27)10-7-11-23(21)28)19(3)26(32)29-20-8-5-4-6-9-20/h7,10-14,19-20H,4-6,8-9,15-16H2,1-3H3,(H,29,32). The lowest BCUT2D eigenvalue weighted by molar-refractivity contribution is -0.142. The molecule has 1 unspecified atom stereocenters. The second-order valence-corrected chi connectivity index (χ2v) is 9.61. The monoisotopic (exact) mass is 490 g/mol. The molecule has 1 N–H and O–H groups in total. The van der Waals surface area contributed by atoms with Gasteiger partial charge in [0.2, 0.25) is 5.91 Å². The van der Waals surface area contributed by atoms with E-state index in [2.05, 4.69) is 5.32 Å². The molecule has 1 saturated carbocycles. The van der Waals surface area contributed by atoms with Crippen molar-refractivity contribution in [3.05, 3.63) is 63.1 Å². The summed E-state index contributed by atoms with van der Waals surface area (Å²) in [6, 6.07) is 10.5. The number of ether oxygens (including phenoxy) is 1. The van der Waals surface area contributed by atoms with E-state index in [1.165, 1.54) is 11.3 Å². The first-order valence-corrected chi connectivity index (χ1v) is 12.2. The molecule has 0 spiro atoms. The van der Waals surface area contributed by atoms with E-state index in [1.807, 2.05) is 32.0 Å². The van der Waals surface area contributed by atoms with E-state index in [0.717, 1.165) is 36.8 Å². The third-order valence-electron chi connectivity index (χ3n) is 6.20. The van der Waals surface area contributed by atoms with Gasteiger partial charge in [0.1, 0.15) is 11.8 Å². The molecule has 0 bridgehead atoms. The van der Waals surface area contributed by atoms with E-state index >= 15 is 0 Å².